The number of pyridine rings is 1. The molecule has 0 radical (unpaired) electrons. The fourth-order valence-corrected chi connectivity index (χ4v) is 3.28. The van der Waals surface area contributed by atoms with E-state index in [4.69, 9.17) is 0 Å². The van der Waals surface area contributed by atoms with E-state index in [2.05, 4.69) is 38.1 Å². The van der Waals surface area contributed by atoms with E-state index in [1.807, 2.05) is 37.3 Å². The van der Waals surface area contributed by atoms with Crippen LogP contribution >= 0.6 is 15.9 Å². The lowest BCUT2D eigenvalue weighted by Crippen LogP contribution is -2.34. The summed E-state index contributed by atoms with van der Waals surface area (Å²) in [5.74, 6) is 1.52. The molecule has 5 heteroatoms. The minimum atomic E-state index is -0.136. The van der Waals surface area contributed by atoms with Crippen molar-refractivity contribution in [3.63, 3.8) is 0 Å². The average Bonchev–Trinajstić information content (AvgIpc) is 2.58. The van der Waals surface area contributed by atoms with Crippen molar-refractivity contribution in [2.24, 2.45) is 5.92 Å². The molecule has 3 rings (SSSR count). The van der Waals surface area contributed by atoms with Crippen molar-refractivity contribution < 1.29 is 4.79 Å². The van der Waals surface area contributed by atoms with Crippen LogP contribution in [0.1, 0.15) is 35.7 Å². The molecule has 1 amide bonds. The molecule has 0 aliphatic carbocycles. The van der Waals surface area contributed by atoms with Crippen LogP contribution < -0.4 is 10.2 Å². The van der Waals surface area contributed by atoms with Crippen molar-refractivity contribution in [1.82, 2.24) is 4.98 Å². The molecule has 1 N–H and O–H groups in total. The smallest absolute Gasteiger partial charge is 0.257 e. The maximum atomic E-state index is 12.4. The van der Waals surface area contributed by atoms with Crippen molar-refractivity contribution in [2.75, 3.05) is 23.3 Å². The summed E-state index contributed by atoms with van der Waals surface area (Å²) >= 11 is 3.46. The zero-order valence-electron chi connectivity index (χ0n) is 14.1. The Kier molecular flexibility index (Phi) is 5.19. The molecule has 0 spiro atoms. The van der Waals surface area contributed by atoms with Crippen molar-refractivity contribution in [1.29, 1.82) is 0 Å². The second kappa shape index (κ2) is 7.34. The molecule has 0 saturated carbocycles. The zero-order chi connectivity index (χ0) is 17.1. The van der Waals surface area contributed by atoms with Gasteiger partial charge in [-0.15, -0.1) is 0 Å². The molecule has 1 fully saturated rings. The first kappa shape index (κ1) is 17.0. The van der Waals surface area contributed by atoms with E-state index in [0.29, 0.717) is 11.5 Å². The number of rotatable bonds is 3. The van der Waals surface area contributed by atoms with Crippen molar-refractivity contribution in [2.45, 2.75) is 26.7 Å². The van der Waals surface area contributed by atoms with Gasteiger partial charge in [-0.25, -0.2) is 4.98 Å². The number of carbonyl (C=O) groups excluding carboxylic acids is 1. The largest absolute Gasteiger partial charge is 0.356 e. The number of carbonyl (C=O) groups is 1. The number of hydrogen-bond donors (Lipinski definition) is 1. The van der Waals surface area contributed by atoms with Gasteiger partial charge in [0.1, 0.15) is 5.82 Å². The number of amides is 1. The third-order valence-electron chi connectivity index (χ3n) is 4.41. The Morgan fingerprint density at radius 3 is 2.83 bits per heavy atom. The molecule has 2 heterocycles. The van der Waals surface area contributed by atoms with Crippen LogP contribution in [-0.2, 0) is 0 Å². The third kappa shape index (κ3) is 3.96. The summed E-state index contributed by atoms with van der Waals surface area (Å²) in [5, 5.41) is 2.92. The lowest BCUT2D eigenvalue weighted by molar-refractivity contribution is 0.102. The van der Waals surface area contributed by atoms with Crippen molar-refractivity contribution in [3.8, 4) is 0 Å². The van der Waals surface area contributed by atoms with E-state index in [0.717, 1.165) is 34.6 Å². The van der Waals surface area contributed by atoms with Crippen LogP contribution in [0.3, 0.4) is 0 Å². The van der Waals surface area contributed by atoms with Crippen LogP contribution in [0.4, 0.5) is 11.5 Å². The number of aryl methyl sites for hydroxylation is 1. The van der Waals surface area contributed by atoms with Crippen molar-refractivity contribution in [3.05, 3.63) is 52.1 Å². The number of nitrogens with zero attached hydrogens (tertiary/aromatic N) is 2. The van der Waals surface area contributed by atoms with E-state index in [-0.39, 0.29) is 5.91 Å². The summed E-state index contributed by atoms with van der Waals surface area (Å²) in [6.45, 7) is 6.35. The van der Waals surface area contributed by atoms with E-state index >= 15 is 0 Å². The highest BCUT2D eigenvalue weighted by molar-refractivity contribution is 9.10. The summed E-state index contributed by atoms with van der Waals surface area (Å²) in [6, 6.07) is 9.55. The number of hydrogen-bond acceptors (Lipinski definition) is 3. The Bertz CT molecular complexity index is 730. The number of benzene rings is 1. The lowest BCUT2D eigenvalue weighted by Gasteiger charge is -2.31. The summed E-state index contributed by atoms with van der Waals surface area (Å²) < 4.78 is 1.03. The highest BCUT2D eigenvalue weighted by atomic mass is 79.9. The number of piperidine rings is 1. The van der Waals surface area contributed by atoms with Gasteiger partial charge in [0, 0.05) is 29.4 Å². The zero-order valence-corrected chi connectivity index (χ0v) is 15.6. The predicted octanol–water partition coefficient (Wildman–Crippen LogP) is 4.64. The summed E-state index contributed by atoms with van der Waals surface area (Å²) in [5.41, 5.74) is 2.44. The second-order valence-corrected chi connectivity index (χ2v) is 7.37. The Hall–Kier alpha value is -1.88. The first-order valence-corrected chi connectivity index (χ1v) is 9.11. The molecule has 0 bridgehead atoms. The summed E-state index contributed by atoms with van der Waals surface area (Å²) in [7, 11) is 0. The normalized spacial score (nSPS) is 17.6. The maximum absolute atomic E-state index is 12.4. The van der Waals surface area contributed by atoms with Gasteiger partial charge in [0.15, 0.2) is 0 Å². The molecule has 126 valence electrons. The van der Waals surface area contributed by atoms with Gasteiger partial charge in [-0.2, -0.15) is 0 Å². The topological polar surface area (TPSA) is 45.2 Å². The molecule has 1 aliphatic rings. The molecule has 1 atom stereocenters. The van der Waals surface area contributed by atoms with Crippen LogP contribution in [0, 0.1) is 12.8 Å². The quantitative estimate of drug-likeness (QED) is 0.833. The highest BCUT2D eigenvalue weighted by Crippen LogP contribution is 2.22. The van der Waals surface area contributed by atoms with Gasteiger partial charge in [0.25, 0.3) is 5.91 Å². The van der Waals surface area contributed by atoms with E-state index < -0.39 is 0 Å². The van der Waals surface area contributed by atoms with Gasteiger partial charge >= 0.3 is 0 Å². The Balaban J connectivity index is 1.68. The van der Waals surface area contributed by atoms with E-state index in [9.17, 15) is 4.79 Å². The SMILES string of the molecule is Cc1cc(NC(=O)c2ccc(N3CCCC(C)C3)nc2)ccc1Br. The molecule has 1 aromatic carbocycles. The monoisotopic (exact) mass is 387 g/mol. The number of anilines is 2. The minimum Gasteiger partial charge on any atom is -0.356 e. The van der Waals surface area contributed by atoms with Crippen LogP contribution in [0.25, 0.3) is 0 Å². The van der Waals surface area contributed by atoms with Gasteiger partial charge in [-0.1, -0.05) is 22.9 Å². The summed E-state index contributed by atoms with van der Waals surface area (Å²) in [4.78, 5) is 19.2. The summed E-state index contributed by atoms with van der Waals surface area (Å²) in [6.07, 6.45) is 4.15. The number of aromatic nitrogens is 1. The highest BCUT2D eigenvalue weighted by Gasteiger charge is 2.17. The van der Waals surface area contributed by atoms with E-state index in [1.165, 1.54) is 12.8 Å². The van der Waals surface area contributed by atoms with Gasteiger partial charge < -0.3 is 10.2 Å². The molecule has 1 aliphatic heterocycles. The third-order valence-corrected chi connectivity index (χ3v) is 5.30. The lowest BCUT2D eigenvalue weighted by atomic mass is 10.0. The average molecular weight is 388 g/mol. The molecule has 1 saturated heterocycles. The maximum Gasteiger partial charge on any atom is 0.257 e. The van der Waals surface area contributed by atoms with Crippen molar-refractivity contribution >= 4 is 33.3 Å². The standard InChI is InChI=1S/C19H22BrN3O/c1-13-4-3-9-23(12-13)18-8-5-15(11-21-18)19(24)22-16-6-7-17(20)14(2)10-16/h5-8,10-11,13H,3-4,9,12H2,1-2H3,(H,22,24). The Morgan fingerprint density at radius 1 is 1.33 bits per heavy atom. The minimum absolute atomic E-state index is 0.136. The fraction of sp³-hybridized carbons (Fsp3) is 0.368. The molecule has 4 nitrogen and oxygen atoms in total. The molecule has 2 aromatic rings. The van der Waals surface area contributed by atoms with Crippen LogP contribution in [-0.4, -0.2) is 24.0 Å². The first-order valence-electron chi connectivity index (χ1n) is 8.31. The molecular formula is C19H22BrN3O. The molecule has 24 heavy (non-hydrogen) atoms. The van der Waals surface area contributed by atoms with Gasteiger partial charge in [0.2, 0.25) is 0 Å². The predicted molar refractivity (Wildman–Crippen MR) is 102 cm³/mol. The van der Waals surface area contributed by atoms with Gasteiger partial charge in [-0.05, 0) is 61.6 Å². The fourth-order valence-electron chi connectivity index (χ4n) is 3.03. The first-order chi connectivity index (χ1) is 11.5. The number of halogens is 1. The molecule has 1 aromatic heterocycles. The molecular weight excluding hydrogens is 366 g/mol. The van der Waals surface area contributed by atoms with Gasteiger partial charge in [0.05, 0.1) is 5.56 Å². The Labute approximate surface area is 151 Å². The number of nitrogens with one attached hydrogen (secondary N) is 1. The second-order valence-electron chi connectivity index (χ2n) is 6.52. The van der Waals surface area contributed by atoms with E-state index in [1.54, 1.807) is 6.20 Å². The molecule has 1 unspecified atom stereocenters. The van der Waals surface area contributed by atoms with Crippen LogP contribution in [0.15, 0.2) is 41.0 Å². The van der Waals surface area contributed by atoms with Gasteiger partial charge in [-0.3, -0.25) is 4.79 Å². The Morgan fingerprint density at radius 2 is 2.17 bits per heavy atom. The van der Waals surface area contributed by atoms with Crippen LogP contribution in [0.5, 0.6) is 0 Å². The van der Waals surface area contributed by atoms with Crippen LogP contribution in [0.2, 0.25) is 0 Å².